The first-order valence-electron chi connectivity index (χ1n) is 6.72. The molecule has 1 fully saturated rings. The first kappa shape index (κ1) is 12.7. The van der Waals surface area contributed by atoms with Crippen LogP contribution < -0.4 is 5.73 Å². The van der Waals surface area contributed by atoms with Crippen molar-refractivity contribution >= 4 is 21.7 Å². The summed E-state index contributed by atoms with van der Waals surface area (Å²) in [7, 11) is 1.92. The van der Waals surface area contributed by atoms with Gasteiger partial charge in [-0.3, -0.25) is 4.68 Å². The molecule has 1 aliphatic rings. The van der Waals surface area contributed by atoms with Crippen molar-refractivity contribution in [1.29, 1.82) is 0 Å². The van der Waals surface area contributed by atoms with Crippen molar-refractivity contribution in [2.45, 2.75) is 25.7 Å². The van der Waals surface area contributed by atoms with Crippen LogP contribution in [0.5, 0.6) is 0 Å². The second-order valence-corrected chi connectivity index (χ2v) is 6.26. The van der Waals surface area contributed by atoms with Crippen LogP contribution >= 0.6 is 15.9 Å². The molecule has 0 bridgehead atoms. The van der Waals surface area contributed by atoms with Crippen LogP contribution in [0.25, 0.3) is 11.1 Å². The normalized spacial score (nSPS) is 15.5. The standard InChI is InChI=1S/C15H18BrN3/c1-19-15(17)14(11-6-3-7-12(16)9-11)13(18-19)8-10-4-2-5-10/h3,6-7,9-10H,2,4-5,8,17H2,1H3. The Bertz CT molecular complexity index is 599. The Morgan fingerprint density at radius 2 is 2.21 bits per heavy atom. The van der Waals surface area contributed by atoms with Crippen LogP contribution in [0.3, 0.4) is 0 Å². The van der Waals surface area contributed by atoms with E-state index in [1.807, 2.05) is 19.2 Å². The quantitative estimate of drug-likeness (QED) is 0.935. The molecular weight excluding hydrogens is 302 g/mol. The Morgan fingerprint density at radius 1 is 1.42 bits per heavy atom. The maximum Gasteiger partial charge on any atom is 0.129 e. The minimum atomic E-state index is 0.757. The van der Waals surface area contributed by atoms with Crippen LogP contribution in [-0.2, 0) is 13.5 Å². The fourth-order valence-electron chi connectivity index (χ4n) is 2.67. The Labute approximate surface area is 121 Å². The van der Waals surface area contributed by atoms with Crippen LogP contribution in [0, 0.1) is 5.92 Å². The van der Waals surface area contributed by atoms with Crippen molar-refractivity contribution < 1.29 is 0 Å². The van der Waals surface area contributed by atoms with E-state index >= 15 is 0 Å². The first-order chi connectivity index (χ1) is 9.15. The molecule has 0 atom stereocenters. The zero-order valence-electron chi connectivity index (χ0n) is 11.1. The summed E-state index contributed by atoms with van der Waals surface area (Å²) in [6.07, 6.45) is 5.06. The number of nitrogens with two attached hydrogens (primary N) is 1. The molecule has 2 N–H and O–H groups in total. The molecule has 100 valence electrons. The van der Waals surface area contributed by atoms with E-state index in [0.717, 1.165) is 39.5 Å². The van der Waals surface area contributed by atoms with Crippen molar-refractivity contribution in [2.75, 3.05) is 5.73 Å². The summed E-state index contributed by atoms with van der Waals surface area (Å²) in [4.78, 5) is 0. The van der Waals surface area contributed by atoms with Gasteiger partial charge in [0.2, 0.25) is 0 Å². The number of benzene rings is 1. The van der Waals surface area contributed by atoms with E-state index in [4.69, 9.17) is 5.73 Å². The van der Waals surface area contributed by atoms with Gasteiger partial charge in [-0.1, -0.05) is 47.3 Å². The minimum absolute atomic E-state index is 0.757. The van der Waals surface area contributed by atoms with Gasteiger partial charge in [-0.05, 0) is 30.0 Å². The number of anilines is 1. The summed E-state index contributed by atoms with van der Waals surface area (Å²) < 4.78 is 2.87. The number of aromatic nitrogens is 2. The minimum Gasteiger partial charge on any atom is -0.383 e. The highest BCUT2D eigenvalue weighted by Gasteiger charge is 2.23. The summed E-state index contributed by atoms with van der Waals surface area (Å²) in [5, 5.41) is 4.61. The molecule has 2 aromatic rings. The van der Waals surface area contributed by atoms with E-state index < -0.39 is 0 Å². The number of rotatable bonds is 3. The number of aryl methyl sites for hydroxylation is 1. The topological polar surface area (TPSA) is 43.8 Å². The lowest BCUT2D eigenvalue weighted by Gasteiger charge is -2.24. The summed E-state index contributed by atoms with van der Waals surface area (Å²) in [6, 6.07) is 8.28. The maximum atomic E-state index is 6.21. The number of halogens is 1. The van der Waals surface area contributed by atoms with Crippen molar-refractivity contribution in [3.8, 4) is 11.1 Å². The van der Waals surface area contributed by atoms with Crippen LogP contribution in [0.1, 0.15) is 25.0 Å². The highest BCUT2D eigenvalue weighted by atomic mass is 79.9. The van der Waals surface area contributed by atoms with E-state index in [1.54, 1.807) is 4.68 Å². The van der Waals surface area contributed by atoms with Gasteiger partial charge in [-0.15, -0.1) is 0 Å². The van der Waals surface area contributed by atoms with E-state index in [1.165, 1.54) is 19.3 Å². The van der Waals surface area contributed by atoms with E-state index in [9.17, 15) is 0 Å². The van der Waals surface area contributed by atoms with Gasteiger partial charge in [0.05, 0.1) is 5.69 Å². The van der Waals surface area contributed by atoms with Gasteiger partial charge >= 0.3 is 0 Å². The lowest BCUT2D eigenvalue weighted by molar-refractivity contribution is 0.311. The summed E-state index contributed by atoms with van der Waals surface area (Å²) in [5.74, 6) is 1.55. The third-order valence-corrected chi connectivity index (χ3v) is 4.48. The lowest BCUT2D eigenvalue weighted by atomic mass is 9.81. The smallest absolute Gasteiger partial charge is 0.129 e. The molecule has 0 amide bonds. The molecule has 19 heavy (non-hydrogen) atoms. The second kappa shape index (κ2) is 5.00. The lowest BCUT2D eigenvalue weighted by Crippen LogP contribution is -2.14. The zero-order chi connectivity index (χ0) is 13.4. The first-order valence-corrected chi connectivity index (χ1v) is 7.51. The molecule has 1 aliphatic carbocycles. The van der Waals surface area contributed by atoms with Gasteiger partial charge in [0.1, 0.15) is 5.82 Å². The average molecular weight is 320 g/mol. The van der Waals surface area contributed by atoms with Gasteiger partial charge in [-0.25, -0.2) is 0 Å². The Kier molecular flexibility index (Phi) is 3.35. The highest BCUT2D eigenvalue weighted by Crippen LogP contribution is 2.36. The number of hydrogen-bond donors (Lipinski definition) is 1. The van der Waals surface area contributed by atoms with Crippen LogP contribution in [0.4, 0.5) is 5.82 Å². The van der Waals surface area contributed by atoms with Crippen LogP contribution in [-0.4, -0.2) is 9.78 Å². The van der Waals surface area contributed by atoms with Crippen molar-refractivity contribution in [3.63, 3.8) is 0 Å². The number of nitrogens with zero attached hydrogens (tertiary/aromatic N) is 2. The van der Waals surface area contributed by atoms with Crippen molar-refractivity contribution in [2.24, 2.45) is 13.0 Å². The predicted octanol–water partition coefficient (Wildman–Crippen LogP) is 3.77. The SMILES string of the molecule is Cn1nc(CC2CCC2)c(-c2cccc(Br)c2)c1N. The fraction of sp³-hybridized carbons (Fsp3) is 0.400. The molecular formula is C15H18BrN3. The Morgan fingerprint density at radius 3 is 2.84 bits per heavy atom. The molecule has 1 aromatic carbocycles. The van der Waals surface area contributed by atoms with E-state index in [2.05, 4.69) is 33.2 Å². The molecule has 3 nitrogen and oxygen atoms in total. The molecule has 0 unspecified atom stereocenters. The Balaban J connectivity index is 2.02. The van der Waals surface area contributed by atoms with Gasteiger partial charge in [0.15, 0.2) is 0 Å². The third-order valence-electron chi connectivity index (χ3n) is 3.98. The van der Waals surface area contributed by atoms with E-state index in [-0.39, 0.29) is 0 Å². The molecule has 1 aromatic heterocycles. The molecule has 0 radical (unpaired) electrons. The molecule has 1 saturated carbocycles. The number of nitrogen functional groups attached to an aromatic ring is 1. The van der Waals surface area contributed by atoms with E-state index in [0.29, 0.717) is 0 Å². The summed E-state index contributed by atoms with van der Waals surface area (Å²) >= 11 is 3.52. The van der Waals surface area contributed by atoms with Gasteiger partial charge in [-0.2, -0.15) is 5.10 Å². The predicted molar refractivity (Wildman–Crippen MR) is 81.8 cm³/mol. The van der Waals surface area contributed by atoms with Crippen LogP contribution in [0.2, 0.25) is 0 Å². The van der Waals surface area contributed by atoms with Crippen molar-refractivity contribution in [3.05, 3.63) is 34.4 Å². The maximum absolute atomic E-state index is 6.21. The second-order valence-electron chi connectivity index (χ2n) is 5.34. The van der Waals surface area contributed by atoms with Crippen molar-refractivity contribution in [1.82, 2.24) is 9.78 Å². The largest absolute Gasteiger partial charge is 0.383 e. The summed E-state index contributed by atoms with van der Waals surface area (Å²) in [5.41, 5.74) is 9.60. The Hall–Kier alpha value is -1.29. The van der Waals surface area contributed by atoms with Gasteiger partial charge in [0, 0.05) is 17.1 Å². The van der Waals surface area contributed by atoms with Gasteiger partial charge < -0.3 is 5.73 Å². The molecule has 1 heterocycles. The number of hydrogen-bond acceptors (Lipinski definition) is 2. The molecule has 0 saturated heterocycles. The monoisotopic (exact) mass is 319 g/mol. The van der Waals surface area contributed by atoms with Gasteiger partial charge in [0.25, 0.3) is 0 Å². The molecule has 0 aliphatic heterocycles. The fourth-order valence-corrected chi connectivity index (χ4v) is 3.07. The zero-order valence-corrected chi connectivity index (χ0v) is 12.7. The molecule has 3 rings (SSSR count). The molecule has 0 spiro atoms. The summed E-state index contributed by atoms with van der Waals surface area (Å²) in [6.45, 7) is 0. The average Bonchev–Trinajstić information content (AvgIpc) is 2.60. The van der Waals surface area contributed by atoms with Crippen LogP contribution in [0.15, 0.2) is 28.7 Å². The highest BCUT2D eigenvalue weighted by molar-refractivity contribution is 9.10. The third kappa shape index (κ3) is 2.41. The molecule has 4 heteroatoms.